The number of hydrogen-bond donors (Lipinski definition) is 4. The van der Waals surface area contributed by atoms with Gasteiger partial charge in [0, 0.05) is 13.5 Å². The Balaban J connectivity index is 0.000000557. The molecule has 0 atom stereocenters. The van der Waals surface area contributed by atoms with Gasteiger partial charge in [0.15, 0.2) is 0 Å². The van der Waals surface area contributed by atoms with Crippen molar-refractivity contribution in [2.75, 3.05) is 17.6 Å². The van der Waals surface area contributed by atoms with Gasteiger partial charge in [-0.25, -0.2) is 0 Å². The fourth-order valence-electron chi connectivity index (χ4n) is 1.13. The topological polar surface area (TPSA) is 95.6 Å². The van der Waals surface area contributed by atoms with Gasteiger partial charge in [0.05, 0.1) is 18.0 Å². The quantitative estimate of drug-likeness (QED) is 0.600. The van der Waals surface area contributed by atoms with Gasteiger partial charge in [-0.2, -0.15) is 0 Å². The number of anilines is 2. The van der Waals surface area contributed by atoms with Crippen LogP contribution in [0.15, 0.2) is 18.2 Å². The lowest BCUT2D eigenvalue weighted by molar-refractivity contribution is -0.134. The molecule has 0 aliphatic rings. The molecule has 1 aromatic carbocycles. The zero-order valence-electron chi connectivity index (χ0n) is 10.2. The smallest absolute Gasteiger partial charge is 0.300 e. The van der Waals surface area contributed by atoms with Crippen molar-refractivity contribution >= 4 is 17.3 Å². The highest BCUT2D eigenvalue weighted by Crippen LogP contribution is 2.19. The van der Waals surface area contributed by atoms with Gasteiger partial charge in [-0.1, -0.05) is 13.0 Å². The number of aliphatic hydroxyl groups excluding tert-OH is 1. The van der Waals surface area contributed by atoms with Crippen LogP contribution in [0.5, 0.6) is 0 Å². The molecule has 0 spiro atoms. The molecule has 1 rings (SSSR count). The molecule has 0 saturated heterocycles. The summed E-state index contributed by atoms with van der Waals surface area (Å²) in [6.45, 7) is 4.15. The number of aliphatic carboxylic acids is 1. The Morgan fingerprint density at radius 2 is 2.06 bits per heavy atom. The van der Waals surface area contributed by atoms with Crippen molar-refractivity contribution < 1.29 is 15.0 Å². The van der Waals surface area contributed by atoms with Crippen LogP contribution >= 0.6 is 0 Å². The van der Waals surface area contributed by atoms with Crippen LogP contribution in [0.1, 0.15) is 25.8 Å². The largest absolute Gasteiger partial charge is 0.481 e. The Labute approximate surface area is 101 Å². The van der Waals surface area contributed by atoms with Crippen LogP contribution in [0.3, 0.4) is 0 Å². The van der Waals surface area contributed by atoms with Crippen molar-refractivity contribution in [3.8, 4) is 0 Å². The van der Waals surface area contributed by atoms with E-state index in [2.05, 4.69) is 12.2 Å². The van der Waals surface area contributed by atoms with Crippen molar-refractivity contribution in [2.45, 2.75) is 26.9 Å². The molecule has 0 heterocycles. The number of aliphatic hydroxyl groups is 1. The summed E-state index contributed by atoms with van der Waals surface area (Å²) >= 11 is 0. The van der Waals surface area contributed by atoms with Gasteiger partial charge < -0.3 is 21.3 Å². The van der Waals surface area contributed by atoms with Crippen molar-refractivity contribution in [3.63, 3.8) is 0 Å². The minimum Gasteiger partial charge on any atom is -0.481 e. The molecule has 5 nitrogen and oxygen atoms in total. The number of nitrogens with one attached hydrogen (secondary N) is 1. The predicted molar refractivity (Wildman–Crippen MR) is 68.9 cm³/mol. The second-order valence-corrected chi connectivity index (χ2v) is 3.53. The molecule has 0 radical (unpaired) electrons. The van der Waals surface area contributed by atoms with E-state index in [4.69, 9.17) is 20.7 Å². The number of hydrogen-bond acceptors (Lipinski definition) is 4. The van der Waals surface area contributed by atoms with Crippen molar-refractivity contribution in [1.29, 1.82) is 0 Å². The summed E-state index contributed by atoms with van der Waals surface area (Å²) in [6.07, 6.45) is 1.07. The van der Waals surface area contributed by atoms with E-state index in [0.29, 0.717) is 5.69 Å². The average Bonchev–Trinajstić information content (AvgIpc) is 2.26. The van der Waals surface area contributed by atoms with E-state index in [1.54, 1.807) is 6.07 Å². The van der Waals surface area contributed by atoms with Gasteiger partial charge in [0.1, 0.15) is 0 Å². The normalized spacial score (nSPS) is 9.12. The summed E-state index contributed by atoms with van der Waals surface area (Å²) in [6, 6.07) is 5.56. The number of carboxylic acid groups (broad SMARTS) is 1. The van der Waals surface area contributed by atoms with Crippen LogP contribution in [-0.4, -0.2) is 22.7 Å². The highest BCUT2D eigenvalue weighted by Gasteiger charge is 1.98. The molecular formula is C12H20N2O3. The average molecular weight is 240 g/mol. The maximum atomic E-state index is 9.00. The number of nitrogens with two attached hydrogens (primary N) is 1. The Hall–Kier alpha value is -1.75. The van der Waals surface area contributed by atoms with Gasteiger partial charge in [0.2, 0.25) is 0 Å². The van der Waals surface area contributed by atoms with E-state index in [9.17, 15) is 0 Å². The molecule has 0 fully saturated rings. The molecule has 17 heavy (non-hydrogen) atoms. The maximum Gasteiger partial charge on any atom is 0.300 e. The number of carboxylic acids is 1. The van der Waals surface area contributed by atoms with Gasteiger partial charge in [-0.3, -0.25) is 4.79 Å². The number of carbonyl (C=O) groups is 1. The molecule has 1 aromatic rings. The maximum absolute atomic E-state index is 9.00. The zero-order valence-corrected chi connectivity index (χ0v) is 10.2. The van der Waals surface area contributed by atoms with Gasteiger partial charge in [-0.15, -0.1) is 0 Å². The van der Waals surface area contributed by atoms with Crippen LogP contribution in [0.25, 0.3) is 0 Å². The highest BCUT2D eigenvalue weighted by atomic mass is 16.4. The van der Waals surface area contributed by atoms with Gasteiger partial charge in [0.25, 0.3) is 5.97 Å². The fourth-order valence-corrected chi connectivity index (χ4v) is 1.13. The van der Waals surface area contributed by atoms with E-state index >= 15 is 0 Å². The lowest BCUT2D eigenvalue weighted by Crippen LogP contribution is -2.03. The molecule has 5 N–H and O–H groups in total. The first-order chi connectivity index (χ1) is 8.01. The molecule has 0 amide bonds. The second kappa shape index (κ2) is 8.41. The van der Waals surface area contributed by atoms with Crippen molar-refractivity contribution in [1.82, 2.24) is 0 Å². The summed E-state index contributed by atoms with van der Waals surface area (Å²) in [7, 11) is 0. The summed E-state index contributed by atoms with van der Waals surface area (Å²) in [5.41, 5.74) is 8.25. The van der Waals surface area contributed by atoms with Crippen LogP contribution in [-0.2, 0) is 11.4 Å². The molecule has 0 saturated carbocycles. The summed E-state index contributed by atoms with van der Waals surface area (Å²) < 4.78 is 0. The predicted octanol–water partition coefficient (Wildman–Crippen LogP) is 1.67. The zero-order chi connectivity index (χ0) is 13.3. The van der Waals surface area contributed by atoms with E-state index in [1.807, 2.05) is 12.1 Å². The summed E-state index contributed by atoms with van der Waals surface area (Å²) in [4.78, 5) is 9.00. The van der Waals surface area contributed by atoms with Crippen LogP contribution in [0.4, 0.5) is 11.4 Å². The fraction of sp³-hybridized carbons (Fsp3) is 0.417. The monoisotopic (exact) mass is 240 g/mol. The third-order valence-corrected chi connectivity index (χ3v) is 1.86. The van der Waals surface area contributed by atoms with Crippen LogP contribution in [0.2, 0.25) is 0 Å². The minimum atomic E-state index is -0.833. The SMILES string of the molecule is CC(=O)O.CCCNc1ccc(CO)cc1N. The van der Waals surface area contributed by atoms with Gasteiger partial charge >= 0.3 is 0 Å². The lowest BCUT2D eigenvalue weighted by atomic mass is 10.2. The van der Waals surface area contributed by atoms with E-state index in [1.165, 1.54) is 0 Å². The van der Waals surface area contributed by atoms with E-state index in [-0.39, 0.29) is 6.61 Å². The lowest BCUT2D eigenvalue weighted by Gasteiger charge is -2.08. The summed E-state index contributed by atoms with van der Waals surface area (Å²) in [5, 5.41) is 19.5. The Bertz CT molecular complexity index is 350. The molecule has 0 bridgehead atoms. The Morgan fingerprint density at radius 1 is 1.47 bits per heavy atom. The van der Waals surface area contributed by atoms with Crippen LogP contribution in [0, 0.1) is 0 Å². The third-order valence-electron chi connectivity index (χ3n) is 1.86. The molecule has 5 heteroatoms. The van der Waals surface area contributed by atoms with Crippen molar-refractivity contribution in [2.24, 2.45) is 0 Å². The first-order valence-corrected chi connectivity index (χ1v) is 5.43. The van der Waals surface area contributed by atoms with Gasteiger partial charge in [-0.05, 0) is 24.1 Å². The standard InChI is InChI=1S/C10H16N2O.C2H4O2/c1-2-5-12-10-4-3-8(7-13)6-9(10)11;1-2(3)4/h3-4,6,12-13H,2,5,7,11H2,1H3;1H3,(H,3,4). The molecule has 0 unspecified atom stereocenters. The molecule has 96 valence electrons. The Kier molecular flexibility index (Phi) is 7.54. The van der Waals surface area contributed by atoms with Crippen molar-refractivity contribution in [3.05, 3.63) is 23.8 Å². The molecule has 0 aliphatic carbocycles. The van der Waals surface area contributed by atoms with Crippen LogP contribution < -0.4 is 11.1 Å². The first kappa shape index (κ1) is 15.2. The number of nitrogen functional groups attached to an aromatic ring is 1. The molecule has 0 aromatic heterocycles. The minimum absolute atomic E-state index is 0.0399. The van der Waals surface area contributed by atoms with E-state index in [0.717, 1.165) is 31.1 Å². The number of benzene rings is 1. The van der Waals surface area contributed by atoms with E-state index < -0.39 is 5.97 Å². The second-order valence-electron chi connectivity index (χ2n) is 3.53. The molecular weight excluding hydrogens is 220 g/mol. The third kappa shape index (κ3) is 7.19. The number of rotatable bonds is 4. The summed E-state index contributed by atoms with van der Waals surface area (Å²) in [5.74, 6) is -0.833. The Morgan fingerprint density at radius 3 is 2.47 bits per heavy atom. The highest BCUT2D eigenvalue weighted by molar-refractivity contribution is 5.66. The first-order valence-electron chi connectivity index (χ1n) is 5.43. The molecule has 0 aliphatic heterocycles.